The number of esters is 1. The summed E-state index contributed by atoms with van der Waals surface area (Å²) in [7, 11) is 1.43. The van der Waals surface area contributed by atoms with E-state index in [0.717, 1.165) is 37.7 Å². The van der Waals surface area contributed by atoms with Crippen LogP contribution in [0.2, 0.25) is 0 Å². The molecular formula is C18H19FN2O2. The van der Waals surface area contributed by atoms with Crippen LogP contribution in [0, 0.1) is 29.0 Å². The normalized spacial score (nSPS) is 21.1. The Labute approximate surface area is 134 Å². The maximum absolute atomic E-state index is 14.0. The van der Waals surface area contributed by atoms with Crippen LogP contribution < -0.4 is 0 Å². The molecule has 0 saturated heterocycles. The van der Waals surface area contributed by atoms with Gasteiger partial charge in [-0.2, -0.15) is 5.26 Å². The first-order chi connectivity index (χ1) is 11.1. The largest absolute Gasteiger partial charge is 0.469 e. The number of fused-ring (bicyclic) bond motifs is 1. The van der Waals surface area contributed by atoms with E-state index in [4.69, 9.17) is 10.00 Å². The molecule has 4 nitrogen and oxygen atoms in total. The Morgan fingerprint density at radius 1 is 1.39 bits per heavy atom. The molecule has 0 radical (unpaired) electrons. The van der Waals surface area contributed by atoms with Crippen molar-refractivity contribution >= 4 is 16.9 Å². The molecule has 1 aliphatic carbocycles. The molecule has 0 aliphatic heterocycles. The first kappa shape index (κ1) is 15.5. The number of rotatable bonds is 3. The number of nitriles is 1. The summed E-state index contributed by atoms with van der Waals surface area (Å²) >= 11 is 0. The molecule has 2 aromatic rings. The van der Waals surface area contributed by atoms with Gasteiger partial charge < -0.3 is 9.30 Å². The fraction of sp³-hybridized carbons (Fsp3) is 0.444. The van der Waals surface area contributed by atoms with Crippen molar-refractivity contribution in [1.82, 2.24) is 4.57 Å². The molecule has 0 unspecified atom stereocenters. The highest BCUT2D eigenvalue weighted by atomic mass is 19.1. The lowest BCUT2D eigenvalue weighted by molar-refractivity contribution is -0.146. The summed E-state index contributed by atoms with van der Waals surface area (Å²) in [6, 6.07) is 6.76. The predicted molar refractivity (Wildman–Crippen MR) is 84.1 cm³/mol. The second kappa shape index (κ2) is 6.41. The van der Waals surface area contributed by atoms with Crippen LogP contribution in [0.3, 0.4) is 0 Å². The van der Waals surface area contributed by atoms with Gasteiger partial charge in [-0.1, -0.05) is 0 Å². The molecule has 0 spiro atoms. The lowest BCUT2D eigenvalue weighted by atomic mass is 9.82. The fourth-order valence-electron chi connectivity index (χ4n) is 3.50. The highest BCUT2D eigenvalue weighted by Gasteiger charge is 2.27. The minimum absolute atomic E-state index is 0.0142. The summed E-state index contributed by atoms with van der Waals surface area (Å²) in [6.07, 6.45) is 5.48. The molecule has 0 N–H and O–H groups in total. The number of benzene rings is 1. The van der Waals surface area contributed by atoms with E-state index >= 15 is 0 Å². The Hall–Kier alpha value is -2.35. The van der Waals surface area contributed by atoms with Crippen molar-refractivity contribution in [3.63, 3.8) is 0 Å². The number of carbonyl (C=O) groups is 1. The maximum atomic E-state index is 14.0. The number of ether oxygens (including phenoxy) is 1. The average Bonchev–Trinajstić information content (AvgIpc) is 2.98. The summed E-state index contributed by atoms with van der Waals surface area (Å²) in [5.74, 6) is 0.00315. The number of carbonyl (C=O) groups excluding carboxylic acids is 1. The number of hydrogen-bond donors (Lipinski definition) is 0. The second-order valence-corrected chi connectivity index (χ2v) is 6.21. The summed E-state index contributed by atoms with van der Waals surface area (Å²) in [4.78, 5) is 11.6. The van der Waals surface area contributed by atoms with Crippen molar-refractivity contribution in [1.29, 1.82) is 5.26 Å². The van der Waals surface area contributed by atoms with Gasteiger partial charge in [-0.25, -0.2) is 4.39 Å². The van der Waals surface area contributed by atoms with Gasteiger partial charge in [0.2, 0.25) is 0 Å². The zero-order valence-electron chi connectivity index (χ0n) is 13.1. The zero-order chi connectivity index (χ0) is 16.4. The van der Waals surface area contributed by atoms with Crippen LogP contribution in [0.5, 0.6) is 0 Å². The Kier molecular flexibility index (Phi) is 4.33. The predicted octanol–water partition coefficient (Wildman–Crippen LogP) is 3.63. The van der Waals surface area contributed by atoms with E-state index in [-0.39, 0.29) is 17.7 Å². The standard InChI is InChI=1S/C18H19FN2O2/c1-23-18(22)14-4-2-12(3-5-14)11-21-7-6-15-16(19)8-13(10-20)9-17(15)21/h6-9,12,14H,2-5,11H2,1H3/t12-,14-. The summed E-state index contributed by atoms with van der Waals surface area (Å²) in [6.45, 7) is 0.783. The van der Waals surface area contributed by atoms with Gasteiger partial charge in [0.05, 0.1) is 30.2 Å². The second-order valence-electron chi connectivity index (χ2n) is 6.21. The molecule has 0 atom stereocenters. The number of aromatic nitrogens is 1. The van der Waals surface area contributed by atoms with Crippen LogP contribution in [0.4, 0.5) is 4.39 Å². The minimum Gasteiger partial charge on any atom is -0.469 e. The Morgan fingerprint density at radius 3 is 2.78 bits per heavy atom. The molecule has 5 heteroatoms. The molecule has 1 aromatic heterocycles. The van der Waals surface area contributed by atoms with E-state index in [1.807, 2.05) is 16.8 Å². The number of methoxy groups -OCH3 is 1. The molecule has 0 amide bonds. The van der Waals surface area contributed by atoms with Crippen molar-refractivity contribution in [3.8, 4) is 6.07 Å². The van der Waals surface area contributed by atoms with Crippen molar-refractivity contribution in [3.05, 3.63) is 35.8 Å². The molecule has 3 rings (SSSR count). The smallest absolute Gasteiger partial charge is 0.308 e. The highest BCUT2D eigenvalue weighted by Crippen LogP contribution is 2.32. The summed E-state index contributed by atoms with van der Waals surface area (Å²) in [5, 5.41) is 9.55. The Balaban J connectivity index is 1.74. The molecule has 23 heavy (non-hydrogen) atoms. The molecule has 0 bridgehead atoms. The molecule has 1 aliphatic rings. The van der Waals surface area contributed by atoms with E-state index in [1.54, 1.807) is 12.1 Å². The number of halogens is 1. The topological polar surface area (TPSA) is 55.0 Å². The molecule has 1 saturated carbocycles. The minimum atomic E-state index is -0.354. The van der Waals surface area contributed by atoms with E-state index < -0.39 is 0 Å². The first-order valence-electron chi connectivity index (χ1n) is 7.88. The van der Waals surface area contributed by atoms with Crippen LogP contribution in [0.25, 0.3) is 10.9 Å². The summed E-state index contributed by atoms with van der Waals surface area (Å²) < 4.78 is 20.8. The molecular weight excluding hydrogens is 295 g/mol. The third-order valence-corrected chi connectivity index (χ3v) is 4.80. The van der Waals surface area contributed by atoms with Crippen molar-refractivity contribution in [2.24, 2.45) is 11.8 Å². The fourth-order valence-corrected chi connectivity index (χ4v) is 3.50. The van der Waals surface area contributed by atoms with Crippen molar-refractivity contribution < 1.29 is 13.9 Å². The van der Waals surface area contributed by atoms with E-state index in [0.29, 0.717) is 16.9 Å². The molecule has 1 aromatic carbocycles. The molecule has 120 valence electrons. The Bertz CT molecular complexity index is 767. The maximum Gasteiger partial charge on any atom is 0.308 e. The van der Waals surface area contributed by atoms with Crippen LogP contribution >= 0.6 is 0 Å². The van der Waals surface area contributed by atoms with E-state index in [9.17, 15) is 9.18 Å². The van der Waals surface area contributed by atoms with Crippen LogP contribution in [-0.4, -0.2) is 17.6 Å². The highest BCUT2D eigenvalue weighted by molar-refractivity contribution is 5.82. The van der Waals surface area contributed by atoms with Gasteiger partial charge in [-0.05, 0) is 49.8 Å². The lowest BCUT2D eigenvalue weighted by Crippen LogP contribution is -2.24. The van der Waals surface area contributed by atoms with Gasteiger partial charge in [0, 0.05) is 18.1 Å². The molecule has 1 fully saturated rings. The van der Waals surface area contributed by atoms with Crippen LogP contribution in [0.15, 0.2) is 24.4 Å². The van der Waals surface area contributed by atoms with E-state index in [2.05, 4.69) is 0 Å². The van der Waals surface area contributed by atoms with Gasteiger partial charge in [-0.3, -0.25) is 4.79 Å². The van der Waals surface area contributed by atoms with Crippen LogP contribution in [-0.2, 0) is 16.1 Å². The van der Waals surface area contributed by atoms with Gasteiger partial charge in [0.1, 0.15) is 5.82 Å². The van der Waals surface area contributed by atoms with E-state index in [1.165, 1.54) is 13.2 Å². The molecule has 1 heterocycles. The quantitative estimate of drug-likeness (QED) is 0.813. The van der Waals surface area contributed by atoms with Crippen LogP contribution in [0.1, 0.15) is 31.2 Å². The average molecular weight is 314 g/mol. The monoisotopic (exact) mass is 314 g/mol. The third kappa shape index (κ3) is 3.07. The van der Waals surface area contributed by atoms with Gasteiger partial charge in [0.15, 0.2) is 0 Å². The van der Waals surface area contributed by atoms with Gasteiger partial charge in [-0.15, -0.1) is 0 Å². The summed E-state index contributed by atoms with van der Waals surface area (Å²) in [5.41, 5.74) is 1.10. The third-order valence-electron chi connectivity index (χ3n) is 4.80. The van der Waals surface area contributed by atoms with Crippen molar-refractivity contribution in [2.75, 3.05) is 7.11 Å². The number of nitrogens with zero attached hydrogens (tertiary/aromatic N) is 2. The van der Waals surface area contributed by atoms with Gasteiger partial charge >= 0.3 is 5.97 Å². The first-order valence-corrected chi connectivity index (χ1v) is 7.88. The number of hydrogen-bond acceptors (Lipinski definition) is 3. The van der Waals surface area contributed by atoms with Crippen molar-refractivity contribution in [2.45, 2.75) is 32.2 Å². The Morgan fingerprint density at radius 2 is 2.13 bits per heavy atom. The van der Waals surface area contributed by atoms with Gasteiger partial charge in [0.25, 0.3) is 0 Å². The SMILES string of the molecule is COC(=O)[C@H]1CC[C@H](Cn2ccc3c(F)cc(C#N)cc32)CC1. The lowest BCUT2D eigenvalue weighted by Gasteiger charge is -2.27. The zero-order valence-corrected chi connectivity index (χ0v) is 13.1.